The molecule has 0 aliphatic carbocycles. The number of amides is 3. The predicted molar refractivity (Wildman–Crippen MR) is 92.8 cm³/mol. The van der Waals surface area contributed by atoms with E-state index in [1.807, 2.05) is 5.32 Å². The van der Waals surface area contributed by atoms with Crippen LogP contribution in [0, 0.1) is 12.7 Å². The first kappa shape index (κ1) is 16.7. The van der Waals surface area contributed by atoms with E-state index in [0.29, 0.717) is 15.7 Å². The van der Waals surface area contributed by atoms with Crippen LogP contribution in [0.15, 0.2) is 40.9 Å². The monoisotopic (exact) mass is 418 g/mol. The van der Waals surface area contributed by atoms with E-state index in [1.165, 1.54) is 11.0 Å². The molecule has 2 aromatic rings. The van der Waals surface area contributed by atoms with Gasteiger partial charge >= 0.3 is 6.09 Å². The molecule has 2 aromatic carbocycles. The molecule has 0 saturated carbocycles. The largest absolute Gasteiger partial charge is 0.417 e. The maximum atomic E-state index is 14.3. The standard InChI is InChI=1S/C18H12BrFN2O4/c1-9-3-2-4-12-14(9)22(8-10-5-6-11(19)7-13(10)20)16(24)18(12)15(23)21-17(25)26-18/h2-7H,8H2,1H3,(H,21,23,25). The van der Waals surface area contributed by atoms with Crippen LogP contribution in [0.1, 0.15) is 16.7 Å². The van der Waals surface area contributed by atoms with Gasteiger partial charge in [-0.05, 0) is 24.6 Å². The average molecular weight is 419 g/mol. The van der Waals surface area contributed by atoms with Gasteiger partial charge in [0.25, 0.3) is 17.4 Å². The Bertz CT molecular complexity index is 993. The Labute approximate surface area is 156 Å². The molecular formula is C18H12BrFN2O4. The Morgan fingerprint density at radius 2 is 2.00 bits per heavy atom. The molecule has 1 atom stereocenters. The van der Waals surface area contributed by atoms with Crippen LogP contribution in [0.4, 0.5) is 14.9 Å². The molecule has 0 bridgehead atoms. The molecule has 4 rings (SSSR count). The van der Waals surface area contributed by atoms with Gasteiger partial charge in [-0.25, -0.2) is 9.18 Å². The van der Waals surface area contributed by atoms with Crippen molar-refractivity contribution in [3.8, 4) is 0 Å². The first-order valence-corrected chi connectivity index (χ1v) is 8.54. The Morgan fingerprint density at radius 1 is 1.23 bits per heavy atom. The molecule has 26 heavy (non-hydrogen) atoms. The number of rotatable bonds is 2. The van der Waals surface area contributed by atoms with Gasteiger partial charge in [0, 0.05) is 15.6 Å². The summed E-state index contributed by atoms with van der Waals surface area (Å²) in [4.78, 5) is 38.5. The van der Waals surface area contributed by atoms with Crippen molar-refractivity contribution < 1.29 is 23.5 Å². The third-order valence-corrected chi connectivity index (χ3v) is 5.05. The highest BCUT2D eigenvalue weighted by molar-refractivity contribution is 9.10. The van der Waals surface area contributed by atoms with Crippen LogP contribution in [0.3, 0.4) is 0 Å². The van der Waals surface area contributed by atoms with Crippen molar-refractivity contribution in [1.29, 1.82) is 0 Å². The molecule has 1 N–H and O–H groups in total. The number of imide groups is 1. The summed E-state index contributed by atoms with van der Waals surface area (Å²) >= 11 is 3.19. The zero-order chi connectivity index (χ0) is 18.6. The smallest absolute Gasteiger partial charge is 0.415 e. The summed E-state index contributed by atoms with van der Waals surface area (Å²) in [7, 11) is 0. The minimum absolute atomic E-state index is 0.0949. The predicted octanol–water partition coefficient (Wildman–Crippen LogP) is 2.91. The van der Waals surface area contributed by atoms with Crippen molar-refractivity contribution >= 4 is 39.5 Å². The molecule has 3 amide bonds. The number of ether oxygens (including phenoxy) is 1. The van der Waals surface area contributed by atoms with E-state index in [0.717, 1.165) is 0 Å². The lowest BCUT2D eigenvalue weighted by atomic mass is 9.93. The van der Waals surface area contributed by atoms with E-state index in [4.69, 9.17) is 4.74 Å². The molecular weight excluding hydrogens is 407 g/mol. The highest BCUT2D eigenvalue weighted by atomic mass is 79.9. The van der Waals surface area contributed by atoms with Crippen molar-refractivity contribution in [1.82, 2.24) is 5.32 Å². The fourth-order valence-corrected chi connectivity index (χ4v) is 3.72. The second-order valence-electron chi connectivity index (χ2n) is 6.12. The Morgan fingerprint density at radius 3 is 2.65 bits per heavy atom. The topological polar surface area (TPSA) is 75.7 Å². The molecule has 2 aliphatic rings. The number of anilines is 1. The summed E-state index contributed by atoms with van der Waals surface area (Å²) in [5.41, 5.74) is -0.337. The number of carbonyl (C=O) groups is 3. The van der Waals surface area contributed by atoms with Crippen molar-refractivity contribution in [2.45, 2.75) is 19.1 Å². The van der Waals surface area contributed by atoms with Gasteiger partial charge in [0.05, 0.1) is 12.2 Å². The molecule has 132 valence electrons. The summed E-state index contributed by atoms with van der Waals surface area (Å²) in [5.74, 6) is -2.04. The molecule has 1 saturated heterocycles. The van der Waals surface area contributed by atoms with Gasteiger partial charge in [-0.2, -0.15) is 0 Å². The van der Waals surface area contributed by atoms with Gasteiger partial charge in [-0.1, -0.05) is 40.2 Å². The van der Waals surface area contributed by atoms with E-state index in [1.54, 1.807) is 37.3 Å². The average Bonchev–Trinajstić information content (AvgIpc) is 3.00. The van der Waals surface area contributed by atoms with Crippen LogP contribution in [0.25, 0.3) is 0 Å². The summed E-state index contributed by atoms with van der Waals surface area (Å²) in [6.07, 6.45) is -0.979. The maximum absolute atomic E-state index is 14.3. The number of nitrogens with one attached hydrogen (secondary N) is 1. The minimum Gasteiger partial charge on any atom is -0.417 e. The van der Waals surface area contributed by atoms with Crippen LogP contribution in [0.5, 0.6) is 0 Å². The van der Waals surface area contributed by atoms with Gasteiger partial charge in [0.1, 0.15) is 5.82 Å². The zero-order valence-corrected chi connectivity index (χ0v) is 15.1. The number of carbonyl (C=O) groups excluding carboxylic acids is 3. The Kier molecular flexibility index (Phi) is 3.62. The van der Waals surface area contributed by atoms with Crippen LogP contribution in [-0.4, -0.2) is 17.9 Å². The lowest BCUT2D eigenvalue weighted by molar-refractivity contribution is -0.145. The summed E-state index contributed by atoms with van der Waals surface area (Å²) in [5, 5.41) is 2.02. The second-order valence-corrected chi connectivity index (χ2v) is 7.04. The van der Waals surface area contributed by atoms with Gasteiger partial charge < -0.3 is 9.64 Å². The number of hydrogen-bond acceptors (Lipinski definition) is 4. The molecule has 1 fully saturated rings. The minimum atomic E-state index is -2.05. The molecule has 8 heteroatoms. The highest BCUT2D eigenvalue weighted by Crippen LogP contribution is 2.47. The Hall–Kier alpha value is -2.74. The SMILES string of the molecule is Cc1cccc2c1N(Cc1ccc(Br)cc1F)C(=O)C21OC(=O)NC1=O. The Balaban J connectivity index is 1.86. The number of fused-ring (bicyclic) bond motifs is 2. The van der Waals surface area contributed by atoms with Crippen molar-refractivity contribution in [2.24, 2.45) is 0 Å². The second kappa shape index (κ2) is 5.63. The number of aryl methyl sites for hydroxylation is 1. The number of alkyl carbamates (subject to hydrolysis) is 1. The highest BCUT2D eigenvalue weighted by Gasteiger charge is 2.64. The summed E-state index contributed by atoms with van der Waals surface area (Å²) in [6.45, 7) is 1.67. The quantitative estimate of drug-likeness (QED) is 0.760. The lowest BCUT2D eigenvalue weighted by Crippen LogP contribution is -2.46. The van der Waals surface area contributed by atoms with Gasteiger partial charge in [-0.3, -0.25) is 14.9 Å². The maximum Gasteiger partial charge on any atom is 0.415 e. The number of hydrogen-bond donors (Lipinski definition) is 1. The van der Waals surface area contributed by atoms with Gasteiger partial charge in [-0.15, -0.1) is 0 Å². The molecule has 1 spiro atoms. The first-order valence-electron chi connectivity index (χ1n) is 7.75. The third-order valence-electron chi connectivity index (χ3n) is 4.56. The summed E-state index contributed by atoms with van der Waals surface area (Å²) in [6, 6.07) is 9.52. The molecule has 1 unspecified atom stereocenters. The molecule has 2 aliphatic heterocycles. The van der Waals surface area contributed by atoms with Crippen molar-refractivity contribution in [3.05, 3.63) is 63.4 Å². The van der Waals surface area contributed by atoms with Gasteiger partial charge in [0.2, 0.25) is 0 Å². The fraction of sp³-hybridized carbons (Fsp3) is 0.167. The van der Waals surface area contributed by atoms with E-state index in [9.17, 15) is 18.8 Å². The van der Waals surface area contributed by atoms with Crippen molar-refractivity contribution in [3.63, 3.8) is 0 Å². The van der Waals surface area contributed by atoms with Gasteiger partial charge in [0.15, 0.2) is 0 Å². The van der Waals surface area contributed by atoms with Crippen LogP contribution < -0.4 is 10.2 Å². The zero-order valence-electron chi connectivity index (χ0n) is 13.5. The fourth-order valence-electron chi connectivity index (χ4n) is 3.39. The van der Waals surface area contributed by atoms with E-state index < -0.39 is 29.3 Å². The number of benzene rings is 2. The van der Waals surface area contributed by atoms with E-state index >= 15 is 0 Å². The molecule has 6 nitrogen and oxygen atoms in total. The van der Waals surface area contributed by atoms with Crippen molar-refractivity contribution in [2.75, 3.05) is 4.90 Å². The molecule has 0 aromatic heterocycles. The third kappa shape index (κ3) is 2.18. The lowest BCUT2D eigenvalue weighted by Gasteiger charge is -2.21. The first-order chi connectivity index (χ1) is 12.3. The number of halogens is 2. The van der Waals surface area contributed by atoms with E-state index in [-0.39, 0.29) is 17.7 Å². The van der Waals surface area contributed by atoms with Crippen LogP contribution in [0.2, 0.25) is 0 Å². The summed E-state index contributed by atoms with van der Waals surface area (Å²) < 4.78 is 20.0. The number of nitrogens with zero attached hydrogens (tertiary/aromatic N) is 1. The molecule has 2 heterocycles. The van der Waals surface area contributed by atoms with E-state index in [2.05, 4.69) is 15.9 Å². The van der Waals surface area contributed by atoms with Crippen LogP contribution >= 0.6 is 15.9 Å². The normalized spacial score (nSPS) is 21.2. The van der Waals surface area contributed by atoms with Crippen LogP contribution in [-0.2, 0) is 26.5 Å². The number of para-hydroxylation sites is 1. The molecule has 0 radical (unpaired) electrons.